The van der Waals surface area contributed by atoms with E-state index in [0.29, 0.717) is 9.26 Å². The van der Waals surface area contributed by atoms with E-state index in [1.54, 1.807) is 0 Å². The molecule has 2 rings (SSSR count). The predicted molar refractivity (Wildman–Crippen MR) is 72.0 cm³/mol. The van der Waals surface area contributed by atoms with E-state index in [-0.39, 0.29) is 11.4 Å². The van der Waals surface area contributed by atoms with Gasteiger partial charge in [-0.2, -0.15) is 0 Å². The van der Waals surface area contributed by atoms with Crippen molar-refractivity contribution in [3.63, 3.8) is 0 Å². The molecule has 0 aliphatic carbocycles. The van der Waals surface area contributed by atoms with Gasteiger partial charge in [0.1, 0.15) is 12.1 Å². The molecule has 0 aliphatic heterocycles. The van der Waals surface area contributed by atoms with Gasteiger partial charge in [-0.25, -0.2) is 9.18 Å². The number of hydrogen-bond acceptors (Lipinski definition) is 3. The second-order valence-corrected chi connectivity index (χ2v) is 4.58. The van der Waals surface area contributed by atoms with Gasteiger partial charge in [-0.3, -0.25) is 4.79 Å². The van der Waals surface area contributed by atoms with Crippen LogP contribution >= 0.6 is 22.6 Å². The van der Waals surface area contributed by atoms with Gasteiger partial charge in [-0.1, -0.05) is 0 Å². The minimum atomic E-state index is -0.525. The van der Waals surface area contributed by atoms with Crippen LogP contribution < -0.4 is 10.9 Å². The Labute approximate surface area is 115 Å². The number of nitrogens with one attached hydrogen (secondary N) is 1. The van der Waals surface area contributed by atoms with Crippen molar-refractivity contribution in [3.8, 4) is 0 Å². The molecule has 0 aliphatic rings. The molecule has 0 radical (unpaired) electrons. The van der Waals surface area contributed by atoms with Crippen LogP contribution in [0.2, 0.25) is 0 Å². The van der Waals surface area contributed by atoms with Crippen LogP contribution in [-0.4, -0.2) is 5.91 Å². The summed E-state index contributed by atoms with van der Waals surface area (Å²) in [7, 11) is 0. The van der Waals surface area contributed by atoms with Crippen molar-refractivity contribution in [3.05, 3.63) is 62.0 Å². The zero-order valence-corrected chi connectivity index (χ0v) is 11.1. The summed E-state index contributed by atoms with van der Waals surface area (Å²) in [4.78, 5) is 22.5. The first-order valence-electron chi connectivity index (χ1n) is 4.91. The molecule has 1 amide bonds. The third-order valence-electron chi connectivity index (χ3n) is 2.14. The van der Waals surface area contributed by atoms with Crippen LogP contribution in [0.3, 0.4) is 0 Å². The predicted octanol–water partition coefficient (Wildman–Crippen LogP) is 2.64. The summed E-state index contributed by atoms with van der Waals surface area (Å²) in [6, 6.07) is 6.54. The van der Waals surface area contributed by atoms with Crippen LogP contribution in [0.1, 0.15) is 10.4 Å². The number of carbonyl (C=O) groups is 1. The first-order valence-corrected chi connectivity index (χ1v) is 5.99. The van der Waals surface area contributed by atoms with E-state index in [1.807, 2.05) is 22.6 Å². The Balaban J connectivity index is 2.21. The van der Waals surface area contributed by atoms with Gasteiger partial charge in [0.15, 0.2) is 0 Å². The summed E-state index contributed by atoms with van der Waals surface area (Å²) in [5, 5.41) is 2.60. The molecule has 2 aromatic rings. The topological polar surface area (TPSA) is 59.3 Å². The van der Waals surface area contributed by atoms with Gasteiger partial charge in [0.25, 0.3) is 5.91 Å². The van der Waals surface area contributed by atoms with Crippen molar-refractivity contribution < 1.29 is 13.6 Å². The molecule has 1 heterocycles. The smallest absolute Gasteiger partial charge is 0.335 e. The number of carbonyl (C=O) groups excluding carboxylic acids is 1. The molecule has 1 aromatic carbocycles. The summed E-state index contributed by atoms with van der Waals surface area (Å²) in [5.41, 5.74) is 0.186. The molecule has 0 saturated carbocycles. The lowest BCUT2D eigenvalue weighted by atomic mass is 10.2. The fraction of sp³-hybridized carbons (Fsp3) is 0. The van der Waals surface area contributed by atoms with Gasteiger partial charge in [0.2, 0.25) is 0 Å². The largest absolute Gasteiger partial charge is 0.430 e. The molecule has 0 unspecified atom stereocenters. The maximum absolute atomic E-state index is 12.9. The molecule has 0 bridgehead atoms. The van der Waals surface area contributed by atoms with Crippen LogP contribution in [0.4, 0.5) is 10.1 Å². The summed E-state index contributed by atoms with van der Waals surface area (Å²) in [6.45, 7) is 0. The van der Waals surface area contributed by atoms with Crippen LogP contribution in [0.5, 0.6) is 0 Å². The number of hydrogen-bond donors (Lipinski definition) is 1. The fourth-order valence-corrected chi connectivity index (χ4v) is 1.88. The van der Waals surface area contributed by atoms with Gasteiger partial charge in [0, 0.05) is 9.64 Å². The van der Waals surface area contributed by atoms with E-state index in [0.717, 1.165) is 12.3 Å². The Morgan fingerprint density at radius 2 is 2.06 bits per heavy atom. The van der Waals surface area contributed by atoms with Crippen LogP contribution in [0.25, 0.3) is 0 Å². The standard InChI is InChI=1S/C12H7FINO3/c13-8-2-3-10(9(14)5-8)15-12(17)7-1-4-11(16)18-6-7/h1-6H,(H,15,17). The second kappa shape index (κ2) is 5.30. The first-order chi connectivity index (χ1) is 8.56. The van der Waals surface area contributed by atoms with Crippen molar-refractivity contribution in [2.24, 2.45) is 0 Å². The molecule has 0 atom stereocenters. The van der Waals surface area contributed by atoms with Crippen molar-refractivity contribution in [1.29, 1.82) is 0 Å². The Hall–Kier alpha value is -1.70. The second-order valence-electron chi connectivity index (χ2n) is 3.42. The summed E-state index contributed by atoms with van der Waals surface area (Å²) in [6.07, 6.45) is 1.08. The van der Waals surface area contributed by atoms with Crippen LogP contribution in [0.15, 0.2) is 45.8 Å². The number of benzene rings is 1. The summed E-state index contributed by atoms with van der Waals surface area (Å²) < 4.78 is 18.1. The quantitative estimate of drug-likeness (QED) is 0.839. The molecular weight excluding hydrogens is 352 g/mol. The molecule has 4 nitrogen and oxygen atoms in total. The average Bonchev–Trinajstić information content (AvgIpc) is 2.33. The third kappa shape index (κ3) is 2.95. The highest BCUT2D eigenvalue weighted by molar-refractivity contribution is 14.1. The minimum Gasteiger partial charge on any atom is -0.430 e. The summed E-state index contributed by atoms with van der Waals surface area (Å²) in [5.74, 6) is -0.800. The SMILES string of the molecule is O=C(Nc1ccc(F)cc1I)c1ccc(=O)oc1. The lowest BCUT2D eigenvalue weighted by Gasteiger charge is -2.06. The Morgan fingerprint density at radius 1 is 1.28 bits per heavy atom. The molecule has 0 saturated heterocycles. The number of rotatable bonds is 2. The van der Waals surface area contributed by atoms with Crippen molar-refractivity contribution in [2.75, 3.05) is 5.32 Å². The average molecular weight is 359 g/mol. The normalized spacial score (nSPS) is 10.1. The highest BCUT2D eigenvalue weighted by atomic mass is 127. The molecular formula is C12H7FINO3. The maximum Gasteiger partial charge on any atom is 0.335 e. The van der Waals surface area contributed by atoms with Crippen molar-refractivity contribution in [1.82, 2.24) is 0 Å². The van der Waals surface area contributed by atoms with Gasteiger partial charge in [-0.15, -0.1) is 0 Å². The monoisotopic (exact) mass is 359 g/mol. The molecule has 92 valence electrons. The van der Waals surface area contributed by atoms with Crippen LogP contribution in [-0.2, 0) is 0 Å². The molecule has 1 aromatic heterocycles. The lowest BCUT2D eigenvalue weighted by Crippen LogP contribution is -2.13. The van der Waals surface area contributed by atoms with E-state index >= 15 is 0 Å². The van der Waals surface area contributed by atoms with Gasteiger partial charge in [-0.05, 0) is 46.9 Å². The zero-order valence-electron chi connectivity index (χ0n) is 8.94. The number of anilines is 1. The molecule has 18 heavy (non-hydrogen) atoms. The zero-order chi connectivity index (χ0) is 13.1. The Kier molecular flexibility index (Phi) is 3.75. The summed E-state index contributed by atoms with van der Waals surface area (Å²) >= 11 is 1.92. The molecule has 0 fully saturated rings. The maximum atomic E-state index is 12.9. The number of amides is 1. The van der Waals surface area contributed by atoms with E-state index in [2.05, 4.69) is 9.73 Å². The van der Waals surface area contributed by atoms with Gasteiger partial charge in [0.05, 0.1) is 11.3 Å². The molecule has 1 N–H and O–H groups in total. The van der Waals surface area contributed by atoms with E-state index < -0.39 is 11.5 Å². The van der Waals surface area contributed by atoms with Crippen LogP contribution in [0, 0.1) is 9.39 Å². The highest BCUT2D eigenvalue weighted by Gasteiger charge is 2.09. The third-order valence-corrected chi connectivity index (χ3v) is 3.04. The van der Waals surface area contributed by atoms with Crippen molar-refractivity contribution >= 4 is 34.2 Å². The van der Waals surface area contributed by atoms with Gasteiger partial charge >= 0.3 is 5.63 Å². The highest BCUT2D eigenvalue weighted by Crippen LogP contribution is 2.19. The molecule has 6 heteroatoms. The lowest BCUT2D eigenvalue weighted by molar-refractivity contribution is 0.102. The minimum absolute atomic E-state index is 0.217. The van der Waals surface area contributed by atoms with Crippen molar-refractivity contribution in [2.45, 2.75) is 0 Å². The van der Waals surface area contributed by atoms with E-state index in [4.69, 9.17) is 0 Å². The van der Waals surface area contributed by atoms with E-state index in [1.165, 1.54) is 24.3 Å². The Bertz CT molecular complexity index is 634. The van der Waals surface area contributed by atoms with Gasteiger partial charge < -0.3 is 9.73 Å². The number of halogens is 2. The Morgan fingerprint density at radius 3 is 2.67 bits per heavy atom. The first kappa shape index (κ1) is 12.7. The molecule has 0 spiro atoms. The van der Waals surface area contributed by atoms with E-state index in [9.17, 15) is 14.0 Å². The fourth-order valence-electron chi connectivity index (χ4n) is 1.27.